The minimum atomic E-state index is -1.04. The topological polar surface area (TPSA) is 89.0 Å². The largest absolute Gasteiger partial charge is 0.480 e. The van der Waals surface area contributed by atoms with Crippen LogP contribution in [-0.2, 0) is 19.9 Å². The van der Waals surface area contributed by atoms with E-state index in [0.29, 0.717) is 11.0 Å². The van der Waals surface area contributed by atoms with Crippen molar-refractivity contribution in [3.8, 4) is 0 Å². The van der Waals surface area contributed by atoms with Gasteiger partial charge in [-0.15, -0.1) is 0 Å². The van der Waals surface area contributed by atoms with E-state index in [1.165, 1.54) is 0 Å². The first-order valence-electron chi connectivity index (χ1n) is 10.0. The molecule has 0 aromatic carbocycles. The second-order valence-electron chi connectivity index (χ2n) is 9.05. The van der Waals surface area contributed by atoms with E-state index in [-0.39, 0.29) is 12.6 Å². The van der Waals surface area contributed by atoms with E-state index in [1.54, 1.807) is 17.2 Å². The molecule has 29 heavy (non-hydrogen) atoms. The Morgan fingerprint density at radius 3 is 2.55 bits per heavy atom. The van der Waals surface area contributed by atoms with E-state index in [2.05, 4.69) is 20.9 Å². The molecule has 1 saturated carbocycles. The van der Waals surface area contributed by atoms with Crippen LogP contribution in [0.4, 0.5) is 4.79 Å². The summed E-state index contributed by atoms with van der Waals surface area (Å²) in [6, 6.07) is 3.68. The minimum Gasteiger partial charge on any atom is -0.480 e. The van der Waals surface area contributed by atoms with Crippen LogP contribution in [0.15, 0.2) is 22.9 Å². The highest BCUT2D eigenvalue weighted by molar-refractivity contribution is 9.10. The number of rotatable bonds is 4. The summed E-state index contributed by atoms with van der Waals surface area (Å²) in [5.74, 6) is -1.04. The van der Waals surface area contributed by atoms with Crippen LogP contribution in [0.5, 0.6) is 0 Å². The number of amides is 1. The van der Waals surface area contributed by atoms with Crippen LogP contribution in [-0.4, -0.2) is 51.3 Å². The summed E-state index contributed by atoms with van der Waals surface area (Å²) >= 11 is 3.49. The molecule has 1 N–H and O–H groups in total. The van der Waals surface area contributed by atoms with Gasteiger partial charge in [-0.2, -0.15) is 0 Å². The quantitative estimate of drug-likeness (QED) is 0.654. The number of carbonyl (C=O) groups excluding carboxylic acids is 1. The number of nitrogens with zero attached hydrogens (tertiary/aromatic N) is 2. The first-order valence-corrected chi connectivity index (χ1v) is 10.8. The van der Waals surface area contributed by atoms with Crippen molar-refractivity contribution in [1.82, 2.24) is 9.88 Å². The zero-order valence-electron chi connectivity index (χ0n) is 17.2. The van der Waals surface area contributed by atoms with Gasteiger partial charge in [0, 0.05) is 23.7 Å². The van der Waals surface area contributed by atoms with Crippen molar-refractivity contribution in [2.75, 3.05) is 13.2 Å². The Morgan fingerprint density at radius 2 is 1.97 bits per heavy atom. The molecular weight excluding hydrogens is 440 g/mol. The lowest BCUT2D eigenvalue weighted by molar-refractivity contribution is -0.150. The van der Waals surface area contributed by atoms with Gasteiger partial charge in [-0.25, -0.2) is 14.6 Å². The Hall–Kier alpha value is -1.67. The molecule has 1 aliphatic heterocycles. The van der Waals surface area contributed by atoms with Gasteiger partial charge in [0.15, 0.2) is 0 Å². The van der Waals surface area contributed by atoms with Gasteiger partial charge >= 0.3 is 12.1 Å². The van der Waals surface area contributed by atoms with Crippen LogP contribution >= 0.6 is 15.9 Å². The Labute approximate surface area is 179 Å². The van der Waals surface area contributed by atoms with Crippen molar-refractivity contribution in [2.24, 2.45) is 0 Å². The van der Waals surface area contributed by atoms with Crippen LogP contribution in [0.1, 0.15) is 64.9 Å². The maximum Gasteiger partial charge on any atom is 0.410 e. The number of pyridine rings is 1. The molecule has 1 spiro atoms. The molecule has 1 saturated heterocycles. The number of carboxylic acid groups (broad SMARTS) is 1. The summed E-state index contributed by atoms with van der Waals surface area (Å²) in [7, 11) is 0. The molecule has 2 aliphatic rings. The van der Waals surface area contributed by atoms with Gasteiger partial charge in [0.2, 0.25) is 0 Å². The summed E-state index contributed by atoms with van der Waals surface area (Å²) in [6.07, 6.45) is 6.67. The Bertz CT molecular complexity index is 773. The summed E-state index contributed by atoms with van der Waals surface area (Å²) in [5, 5.41) is 9.28. The number of aromatic nitrogens is 1. The molecule has 1 aromatic heterocycles. The molecule has 2 fully saturated rings. The van der Waals surface area contributed by atoms with Gasteiger partial charge in [-0.1, -0.05) is 25.3 Å². The van der Waals surface area contributed by atoms with Crippen molar-refractivity contribution < 1.29 is 24.2 Å². The second-order valence-corrected chi connectivity index (χ2v) is 9.80. The van der Waals surface area contributed by atoms with Crippen LogP contribution in [0.2, 0.25) is 0 Å². The predicted molar refractivity (Wildman–Crippen MR) is 111 cm³/mol. The molecule has 1 aliphatic carbocycles. The van der Waals surface area contributed by atoms with Gasteiger partial charge < -0.3 is 14.6 Å². The highest BCUT2D eigenvalue weighted by atomic mass is 79.9. The number of carbonyl (C=O) groups is 2. The Kier molecular flexibility index (Phi) is 6.24. The molecule has 0 radical (unpaired) electrons. The van der Waals surface area contributed by atoms with E-state index in [4.69, 9.17) is 9.47 Å². The van der Waals surface area contributed by atoms with Crippen LogP contribution < -0.4 is 0 Å². The third-order valence-corrected chi connectivity index (χ3v) is 6.35. The average Bonchev–Trinajstić information content (AvgIpc) is 2.95. The van der Waals surface area contributed by atoms with Gasteiger partial charge in [0.1, 0.15) is 22.4 Å². The summed E-state index contributed by atoms with van der Waals surface area (Å²) in [5.41, 5.74) is -1.22. The molecule has 2 heterocycles. The Balaban J connectivity index is 2.04. The van der Waals surface area contributed by atoms with E-state index in [9.17, 15) is 14.7 Å². The summed E-state index contributed by atoms with van der Waals surface area (Å²) < 4.78 is 12.4. The van der Waals surface area contributed by atoms with E-state index in [1.807, 2.05) is 26.8 Å². The number of hydrogen-bond donors (Lipinski definition) is 1. The number of likely N-dealkylation sites (tertiary alicyclic amines) is 1. The molecule has 1 unspecified atom stereocenters. The van der Waals surface area contributed by atoms with Crippen molar-refractivity contribution >= 4 is 28.0 Å². The zero-order chi connectivity index (χ0) is 21.3. The maximum absolute atomic E-state index is 13.2. The lowest BCUT2D eigenvalue weighted by atomic mass is 9.76. The number of ether oxygens (including phenoxy) is 2. The Morgan fingerprint density at radius 1 is 1.28 bits per heavy atom. The van der Waals surface area contributed by atoms with Gasteiger partial charge in [0.25, 0.3) is 0 Å². The minimum absolute atomic E-state index is 0.236. The fraction of sp³-hybridized carbons (Fsp3) is 0.667. The van der Waals surface area contributed by atoms with Crippen molar-refractivity contribution in [3.05, 3.63) is 28.5 Å². The molecular formula is C21H29BrN2O5. The average molecular weight is 469 g/mol. The van der Waals surface area contributed by atoms with Crippen LogP contribution in [0, 0.1) is 0 Å². The molecule has 3 rings (SSSR count). The SMILES string of the molecule is CC(C)(C)OC(=O)N1CC(OCC(=O)O)(c2cccnc2Br)CC12CCCCC2. The first kappa shape index (κ1) is 22.0. The van der Waals surface area contributed by atoms with Crippen molar-refractivity contribution in [3.63, 3.8) is 0 Å². The smallest absolute Gasteiger partial charge is 0.410 e. The fourth-order valence-electron chi connectivity index (χ4n) is 4.62. The number of aliphatic carboxylic acids is 1. The van der Waals surface area contributed by atoms with Crippen LogP contribution in [0.3, 0.4) is 0 Å². The van der Waals surface area contributed by atoms with Crippen LogP contribution in [0.25, 0.3) is 0 Å². The standard InChI is InChI=1S/C21H29BrN2O5/c1-19(2,3)29-18(27)24-14-21(28-12-16(25)26,15-8-7-11-23-17(15)22)13-20(24)9-5-4-6-10-20/h7-8,11H,4-6,9-10,12-14H2,1-3H3,(H,25,26). The monoisotopic (exact) mass is 468 g/mol. The maximum atomic E-state index is 13.2. The highest BCUT2D eigenvalue weighted by Crippen LogP contribution is 2.52. The van der Waals surface area contributed by atoms with E-state index in [0.717, 1.165) is 37.7 Å². The molecule has 7 nitrogen and oxygen atoms in total. The number of halogens is 1. The van der Waals surface area contributed by atoms with Crippen molar-refractivity contribution in [1.29, 1.82) is 0 Å². The van der Waals surface area contributed by atoms with E-state index < -0.39 is 29.3 Å². The third kappa shape index (κ3) is 4.74. The normalized spacial score (nSPS) is 23.9. The third-order valence-electron chi connectivity index (χ3n) is 5.72. The molecule has 1 aromatic rings. The molecule has 160 valence electrons. The first-order chi connectivity index (χ1) is 13.6. The van der Waals surface area contributed by atoms with Gasteiger partial charge in [-0.3, -0.25) is 4.90 Å². The summed E-state index contributed by atoms with van der Waals surface area (Å²) in [4.78, 5) is 30.6. The number of carboxylic acids is 1. The lowest BCUT2D eigenvalue weighted by Crippen LogP contribution is -2.50. The molecule has 1 atom stereocenters. The van der Waals surface area contributed by atoms with Gasteiger partial charge in [0.05, 0.1) is 6.54 Å². The molecule has 1 amide bonds. The molecule has 0 bridgehead atoms. The highest BCUT2D eigenvalue weighted by Gasteiger charge is 2.58. The zero-order valence-corrected chi connectivity index (χ0v) is 18.8. The molecule has 8 heteroatoms. The number of hydrogen-bond acceptors (Lipinski definition) is 5. The lowest BCUT2D eigenvalue weighted by Gasteiger charge is -2.41. The summed E-state index contributed by atoms with van der Waals surface area (Å²) in [6.45, 7) is 5.33. The predicted octanol–water partition coefficient (Wildman–Crippen LogP) is 4.48. The van der Waals surface area contributed by atoms with Crippen molar-refractivity contribution in [2.45, 2.75) is 76.0 Å². The fourth-order valence-corrected chi connectivity index (χ4v) is 5.23. The van der Waals surface area contributed by atoms with E-state index >= 15 is 0 Å². The second kappa shape index (κ2) is 8.22. The van der Waals surface area contributed by atoms with Gasteiger partial charge in [-0.05, 0) is 55.6 Å².